The van der Waals surface area contributed by atoms with Gasteiger partial charge in [0.05, 0.1) is 12.5 Å². The van der Waals surface area contributed by atoms with Gasteiger partial charge in [-0.25, -0.2) is 4.79 Å². The number of carbonyl (C=O) groups excluding carboxylic acids is 3. The number of hydrogen-bond donors (Lipinski definition) is 3. The summed E-state index contributed by atoms with van der Waals surface area (Å²) in [4.78, 5) is 47.9. The van der Waals surface area contributed by atoms with Gasteiger partial charge in [0.1, 0.15) is 6.10 Å². The molecule has 3 fully saturated rings. The molecular weight excluding hydrogens is 450 g/mol. The first-order valence-electron chi connectivity index (χ1n) is 13.1. The van der Waals surface area contributed by atoms with Crippen LogP contribution < -0.4 is 5.32 Å². The summed E-state index contributed by atoms with van der Waals surface area (Å²) in [6.45, 7) is 5.90. The molecule has 1 amide bonds. The molecule has 4 aliphatic rings. The Morgan fingerprint density at radius 1 is 1.09 bits per heavy atom. The molecule has 3 N–H and O–H groups in total. The maximum atomic E-state index is 12.6. The van der Waals surface area contributed by atoms with E-state index in [9.17, 15) is 24.3 Å². The van der Waals surface area contributed by atoms with E-state index in [0.29, 0.717) is 24.2 Å². The minimum atomic E-state index is -1.40. The number of ether oxygens (including phenoxy) is 1. The standard InChI is InChI=1S/C27H39NO7/c1-15(29)24(25(33)34)28-22(31)8-9-23(32)35-21-7-6-19-18-5-4-16-14-17(30)10-12-26(16,2)20(18)11-13-27(19,21)3/h14-15,18-21,24,29H,4-13H2,1-3H3,(H,28,31)(H,33,34). The highest BCUT2D eigenvalue weighted by molar-refractivity contribution is 5.91. The van der Waals surface area contributed by atoms with E-state index in [2.05, 4.69) is 19.2 Å². The molecule has 0 saturated heterocycles. The molecule has 0 aromatic rings. The Labute approximate surface area is 206 Å². The maximum Gasteiger partial charge on any atom is 0.328 e. The van der Waals surface area contributed by atoms with Gasteiger partial charge in [0, 0.05) is 18.3 Å². The van der Waals surface area contributed by atoms with E-state index in [0.717, 1.165) is 44.9 Å². The molecule has 0 aromatic carbocycles. The van der Waals surface area contributed by atoms with E-state index < -0.39 is 30.0 Å². The average molecular weight is 490 g/mol. The van der Waals surface area contributed by atoms with Crippen LogP contribution in [0, 0.1) is 28.6 Å². The maximum absolute atomic E-state index is 12.6. The van der Waals surface area contributed by atoms with Crippen LogP contribution in [0.2, 0.25) is 0 Å². The van der Waals surface area contributed by atoms with Gasteiger partial charge in [-0.1, -0.05) is 19.4 Å². The largest absolute Gasteiger partial charge is 0.480 e. The van der Waals surface area contributed by atoms with Gasteiger partial charge in [-0.2, -0.15) is 0 Å². The number of fused-ring (bicyclic) bond motifs is 5. The number of aliphatic carboxylic acids is 1. The fourth-order valence-electron chi connectivity index (χ4n) is 7.77. The van der Waals surface area contributed by atoms with E-state index in [1.165, 1.54) is 12.5 Å². The molecule has 194 valence electrons. The van der Waals surface area contributed by atoms with E-state index in [4.69, 9.17) is 9.84 Å². The zero-order valence-electron chi connectivity index (χ0n) is 21.0. The molecule has 8 unspecified atom stereocenters. The third kappa shape index (κ3) is 4.78. The summed E-state index contributed by atoms with van der Waals surface area (Å²) in [6, 6.07) is -1.40. The van der Waals surface area contributed by atoms with Gasteiger partial charge in [0.15, 0.2) is 11.8 Å². The SMILES string of the molecule is CC(O)C(NC(=O)CCC(=O)OC1CCC2C3CCC4=CC(=O)CCC4(C)C3CCC12C)C(=O)O. The number of rotatable bonds is 7. The molecule has 0 bridgehead atoms. The number of carboxylic acids is 1. The van der Waals surface area contributed by atoms with Crippen LogP contribution in [-0.4, -0.2) is 52.1 Å². The number of nitrogens with one attached hydrogen (secondary N) is 1. The molecule has 0 spiro atoms. The fraction of sp³-hybridized carbons (Fsp3) is 0.778. The Morgan fingerprint density at radius 2 is 1.83 bits per heavy atom. The molecular formula is C27H39NO7. The zero-order chi connectivity index (χ0) is 25.5. The van der Waals surface area contributed by atoms with E-state index in [1.807, 2.05) is 6.08 Å². The molecule has 0 radical (unpaired) electrons. The van der Waals surface area contributed by atoms with Crippen LogP contribution in [0.5, 0.6) is 0 Å². The summed E-state index contributed by atoms with van der Waals surface area (Å²) in [7, 11) is 0. The number of esters is 1. The lowest BCUT2D eigenvalue weighted by Crippen LogP contribution is -2.51. The van der Waals surface area contributed by atoms with Crippen LogP contribution in [0.15, 0.2) is 11.6 Å². The Balaban J connectivity index is 1.35. The predicted molar refractivity (Wildman–Crippen MR) is 127 cm³/mol. The zero-order valence-corrected chi connectivity index (χ0v) is 21.0. The Bertz CT molecular complexity index is 926. The van der Waals surface area contributed by atoms with E-state index in [1.54, 1.807) is 0 Å². The van der Waals surface area contributed by atoms with Crippen molar-refractivity contribution in [2.24, 2.45) is 28.6 Å². The van der Waals surface area contributed by atoms with Gasteiger partial charge in [0.2, 0.25) is 5.91 Å². The Kier molecular flexibility index (Phi) is 7.15. The van der Waals surface area contributed by atoms with Crippen LogP contribution in [0.1, 0.15) is 85.0 Å². The number of carbonyl (C=O) groups is 4. The lowest BCUT2D eigenvalue weighted by Gasteiger charge is -2.57. The van der Waals surface area contributed by atoms with Crippen LogP contribution in [0.4, 0.5) is 0 Å². The highest BCUT2D eigenvalue weighted by Gasteiger charge is 2.59. The summed E-state index contributed by atoms with van der Waals surface area (Å²) >= 11 is 0. The fourth-order valence-corrected chi connectivity index (χ4v) is 7.77. The highest BCUT2D eigenvalue weighted by atomic mass is 16.5. The molecule has 8 atom stereocenters. The molecule has 35 heavy (non-hydrogen) atoms. The van der Waals surface area contributed by atoms with Crippen molar-refractivity contribution in [3.05, 3.63) is 11.6 Å². The first kappa shape index (κ1) is 25.9. The number of amides is 1. The van der Waals surface area contributed by atoms with Crippen molar-refractivity contribution in [3.8, 4) is 0 Å². The van der Waals surface area contributed by atoms with Crippen LogP contribution >= 0.6 is 0 Å². The summed E-state index contributed by atoms with van der Waals surface area (Å²) in [5.41, 5.74) is 1.38. The highest BCUT2D eigenvalue weighted by Crippen LogP contribution is 2.65. The van der Waals surface area contributed by atoms with Crippen molar-refractivity contribution < 1.29 is 34.1 Å². The number of hydrogen-bond acceptors (Lipinski definition) is 6. The summed E-state index contributed by atoms with van der Waals surface area (Å²) in [5, 5.41) is 20.8. The lowest BCUT2D eigenvalue weighted by molar-refractivity contribution is -0.160. The third-order valence-corrected chi connectivity index (χ3v) is 9.77. The molecule has 8 heteroatoms. The monoisotopic (exact) mass is 489 g/mol. The number of aliphatic hydroxyl groups is 1. The summed E-state index contributed by atoms with van der Waals surface area (Å²) < 4.78 is 5.92. The first-order valence-corrected chi connectivity index (χ1v) is 13.1. The minimum Gasteiger partial charge on any atom is -0.480 e. The van der Waals surface area contributed by atoms with Gasteiger partial charge in [0.25, 0.3) is 0 Å². The molecule has 4 rings (SSSR count). The Morgan fingerprint density at radius 3 is 2.51 bits per heavy atom. The van der Waals surface area contributed by atoms with Gasteiger partial charge >= 0.3 is 11.9 Å². The van der Waals surface area contributed by atoms with E-state index in [-0.39, 0.29) is 35.6 Å². The first-order chi connectivity index (χ1) is 16.5. The second-order valence-corrected chi connectivity index (χ2v) is 11.7. The Hall–Kier alpha value is -2.22. The number of ketones is 1. The molecule has 0 heterocycles. The molecule has 3 saturated carbocycles. The van der Waals surface area contributed by atoms with Gasteiger partial charge < -0.3 is 20.3 Å². The molecule has 4 aliphatic carbocycles. The van der Waals surface area contributed by atoms with Crippen molar-refractivity contribution in [1.82, 2.24) is 5.32 Å². The summed E-state index contributed by atoms with van der Waals surface area (Å²) in [5.74, 6) is -0.463. The van der Waals surface area contributed by atoms with Gasteiger partial charge in [-0.05, 0) is 81.1 Å². The van der Waals surface area contributed by atoms with Crippen LogP contribution in [-0.2, 0) is 23.9 Å². The molecule has 0 aliphatic heterocycles. The number of carboxylic acid groups (broad SMARTS) is 1. The van der Waals surface area contributed by atoms with E-state index >= 15 is 0 Å². The average Bonchev–Trinajstić information content (AvgIpc) is 3.12. The van der Waals surface area contributed by atoms with Crippen LogP contribution in [0.3, 0.4) is 0 Å². The quantitative estimate of drug-likeness (QED) is 0.468. The minimum absolute atomic E-state index is 0.0815. The molecule has 8 nitrogen and oxygen atoms in total. The second-order valence-electron chi connectivity index (χ2n) is 11.7. The summed E-state index contributed by atoms with van der Waals surface area (Å²) in [6.07, 6.45) is 7.78. The topological polar surface area (TPSA) is 130 Å². The van der Waals surface area contributed by atoms with Crippen molar-refractivity contribution >= 4 is 23.6 Å². The van der Waals surface area contributed by atoms with Crippen molar-refractivity contribution in [2.45, 2.75) is 103 Å². The normalized spacial score (nSPS) is 37.7. The lowest BCUT2D eigenvalue weighted by atomic mass is 9.47. The second kappa shape index (κ2) is 9.68. The third-order valence-electron chi connectivity index (χ3n) is 9.77. The molecule has 0 aromatic heterocycles. The van der Waals surface area contributed by atoms with Crippen LogP contribution in [0.25, 0.3) is 0 Å². The van der Waals surface area contributed by atoms with Crippen molar-refractivity contribution in [3.63, 3.8) is 0 Å². The van der Waals surface area contributed by atoms with Crippen molar-refractivity contribution in [1.29, 1.82) is 0 Å². The van der Waals surface area contributed by atoms with Gasteiger partial charge in [-0.15, -0.1) is 0 Å². The van der Waals surface area contributed by atoms with Gasteiger partial charge in [-0.3, -0.25) is 14.4 Å². The predicted octanol–water partition coefficient (Wildman–Crippen LogP) is 3.16. The number of allylic oxidation sites excluding steroid dienone is 1. The van der Waals surface area contributed by atoms with Crippen molar-refractivity contribution in [2.75, 3.05) is 0 Å². The smallest absolute Gasteiger partial charge is 0.328 e. The number of aliphatic hydroxyl groups excluding tert-OH is 1.